The highest BCUT2D eigenvalue weighted by atomic mass is 16.6. The molecule has 21 heavy (non-hydrogen) atoms. The van der Waals surface area contributed by atoms with E-state index < -0.39 is 5.97 Å². The summed E-state index contributed by atoms with van der Waals surface area (Å²) in [6, 6.07) is 3.71. The third-order valence-electron chi connectivity index (χ3n) is 4.55. The Hall–Kier alpha value is -2.24. The maximum absolute atomic E-state index is 11.3. The molecule has 1 aromatic carbocycles. The van der Waals surface area contributed by atoms with Crippen LogP contribution in [-0.2, 0) is 4.79 Å². The van der Waals surface area contributed by atoms with E-state index in [-0.39, 0.29) is 17.3 Å². The Balaban J connectivity index is 1.76. The quantitative estimate of drug-likeness (QED) is 0.884. The first-order valence-electron chi connectivity index (χ1n) is 7.00. The number of rotatable bonds is 2. The average molecular weight is 288 g/mol. The van der Waals surface area contributed by atoms with Crippen LogP contribution in [0.25, 0.3) is 11.0 Å². The van der Waals surface area contributed by atoms with Crippen LogP contribution in [0.15, 0.2) is 12.1 Å². The second kappa shape index (κ2) is 3.90. The van der Waals surface area contributed by atoms with Gasteiger partial charge in [-0.15, -0.1) is 0 Å². The van der Waals surface area contributed by atoms with E-state index in [1.807, 2.05) is 26.0 Å². The Morgan fingerprint density at radius 1 is 1.33 bits per heavy atom. The van der Waals surface area contributed by atoms with Gasteiger partial charge in [0, 0.05) is 18.1 Å². The Labute approximate surface area is 121 Å². The average Bonchev–Trinajstić information content (AvgIpc) is 2.81. The lowest BCUT2D eigenvalue weighted by atomic mass is 10.1. The number of H-pyrrole nitrogens is 1. The largest absolute Gasteiger partial charge is 0.486 e. The number of nitrogens with zero attached hydrogens (tertiary/aromatic N) is 1. The second-order valence-corrected chi connectivity index (χ2v) is 6.25. The smallest absolute Gasteiger partial charge is 0.307 e. The predicted molar refractivity (Wildman–Crippen MR) is 74.7 cm³/mol. The van der Waals surface area contributed by atoms with Gasteiger partial charge in [0.05, 0.1) is 17.0 Å². The summed E-state index contributed by atoms with van der Waals surface area (Å²) in [7, 11) is 0. The van der Waals surface area contributed by atoms with Crippen LogP contribution in [0.3, 0.4) is 0 Å². The van der Waals surface area contributed by atoms with E-state index >= 15 is 0 Å². The van der Waals surface area contributed by atoms with Crippen molar-refractivity contribution in [1.29, 1.82) is 0 Å². The number of aliphatic carboxylic acids is 1. The maximum Gasteiger partial charge on any atom is 0.307 e. The Morgan fingerprint density at radius 3 is 2.62 bits per heavy atom. The zero-order valence-electron chi connectivity index (χ0n) is 11.8. The van der Waals surface area contributed by atoms with Crippen molar-refractivity contribution in [2.75, 3.05) is 13.2 Å². The number of hydrogen-bond donors (Lipinski definition) is 2. The van der Waals surface area contributed by atoms with Gasteiger partial charge in [0.2, 0.25) is 0 Å². The first-order chi connectivity index (χ1) is 9.98. The van der Waals surface area contributed by atoms with Gasteiger partial charge in [-0.25, -0.2) is 4.98 Å². The minimum atomic E-state index is -0.767. The van der Waals surface area contributed by atoms with Crippen molar-refractivity contribution in [3.8, 4) is 11.5 Å². The lowest BCUT2D eigenvalue weighted by Crippen LogP contribution is -2.15. The highest BCUT2D eigenvalue weighted by molar-refractivity contribution is 5.81. The number of carboxylic acids is 1. The summed E-state index contributed by atoms with van der Waals surface area (Å²) in [5, 5.41) is 9.29. The van der Waals surface area contributed by atoms with E-state index in [9.17, 15) is 9.90 Å². The Kier molecular flexibility index (Phi) is 2.32. The third kappa shape index (κ3) is 1.71. The van der Waals surface area contributed by atoms with Crippen LogP contribution in [0.2, 0.25) is 0 Å². The monoisotopic (exact) mass is 288 g/mol. The number of imidazole rings is 1. The molecule has 1 aromatic heterocycles. The molecule has 0 bridgehead atoms. The van der Waals surface area contributed by atoms with Crippen molar-refractivity contribution in [3.63, 3.8) is 0 Å². The summed E-state index contributed by atoms with van der Waals surface area (Å²) in [6.07, 6.45) is 0. The molecule has 0 radical (unpaired) electrons. The van der Waals surface area contributed by atoms with Crippen molar-refractivity contribution >= 4 is 17.0 Å². The first kappa shape index (κ1) is 12.5. The molecule has 1 aliphatic heterocycles. The van der Waals surface area contributed by atoms with Gasteiger partial charge in [-0.3, -0.25) is 4.79 Å². The number of aromatic nitrogens is 2. The lowest BCUT2D eigenvalue weighted by Gasteiger charge is -2.17. The van der Waals surface area contributed by atoms with Gasteiger partial charge < -0.3 is 19.6 Å². The van der Waals surface area contributed by atoms with Gasteiger partial charge in [-0.1, -0.05) is 13.8 Å². The number of ether oxygens (including phenoxy) is 2. The predicted octanol–water partition coefficient (Wildman–Crippen LogP) is 2.16. The molecule has 2 N–H and O–H groups in total. The highest BCUT2D eigenvalue weighted by Gasteiger charge is 2.64. The van der Waals surface area contributed by atoms with Gasteiger partial charge in [0.1, 0.15) is 19.0 Å². The topological polar surface area (TPSA) is 84.4 Å². The molecular formula is C15H16N2O4. The Bertz CT molecular complexity index is 706. The van der Waals surface area contributed by atoms with Crippen molar-refractivity contribution in [2.24, 2.45) is 11.3 Å². The van der Waals surface area contributed by atoms with Crippen LogP contribution in [0, 0.1) is 11.3 Å². The van der Waals surface area contributed by atoms with E-state index in [0.717, 1.165) is 16.9 Å². The summed E-state index contributed by atoms with van der Waals surface area (Å²) < 4.78 is 11.1. The molecule has 4 rings (SSSR count). The fraction of sp³-hybridized carbons (Fsp3) is 0.467. The zero-order valence-corrected chi connectivity index (χ0v) is 11.8. The van der Waals surface area contributed by atoms with Crippen molar-refractivity contribution in [2.45, 2.75) is 19.8 Å². The van der Waals surface area contributed by atoms with Crippen molar-refractivity contribution in [1.82, 2.24) is 9.97 Å². The molecule has 1 aliphatic carbocycles. The zero-order chi connectivity index (χ0) is 14.8. The fourth-order valence-corrected chi connectivity index (χ4v) is 3.32. The van der Waals surface area contributed by atoms with E-state index in [1.165, 1.54) is 0 Å². The summed E-state index contributed by atoms with van der Waals surface area (Å²) in [6.45, 7) is 4.99. The minimum Gasteiger partial charge on any atom is -0.486 e. The lowest BCUT2D eigenvalue weighted by molar-refractivity contribution is -0.139. The molecule has 0 saturated heterocycles. The van der Waals surface area contributed by atoms with E-state index in [2.05, 4.69) is 9.97 Å². The minimum absolute atomic E-state index is 0.0822. The number of benzene rings is 1. The van der Waals surface area contributed by atoms with Crippen molar-refractivity contribution in [3.05, 3.63) is 18.0 Å². The molecule has 2 atom stereocenters. The summed E-state index contributed by atoms with van der Waals surface area (Å²) >= 11 is 0. The van der Waals surface area contributed by atoms with E-state index in [4.69, 9.17) is 9.47 Å². The van der Waals surface area contributed by atoms with Crippen LogP contribution in [0.5, 0.6) is 11.5 Å². The van der Waals surface area contributed by atoms with Crippen LogP contribution in [0.1, 0.15) is 25.6 Å². The molecule has 110 valence electrons. The SMILES string of the molecule is CC1(C)C(C(=O)O)C1c1nc2cc3c(cc2[nH]1)OCCO3. The van der Waals surface area contributed by atoms with Crippen molar-refractivity contribution < 1.29 is 19.4 Å². The van der Waals surface area contributed by atoms with E-state index in [1.54, 1.807) is 0 Å². The molecule has 1 saturated carbocycles. The summed E-state index contributed by atoms with van der Waals surface area (Å²) in [5.41, 5.74) is 1.36. The standard InChI is InChI=1S/C15H16N2O4/c1-15(2)11(12(15)14(18)19)13-16-7-5-9-10(6-8(7)17-13)21-4-3-20-9/h5-6,11-12H,3-4H2,1-2H3,(H,16,17)(H,18,19). The van der Waals surface area contributed by atoms with Crippen LogP contribution < -0.4 is 9.47 Å². The van der Waals surface area contributed by atoms with Gasteiger partial charge in [-0.05, 0) is 5.41 Å². The molecule has 0 amide bonds. The molecule has 2 aromatic rings. The summed E-state index contributed by atoms with van der Waals surface area (Å²) in [5.74, 6) is 0.882. The Morgan fingerprint density at radius 2 is 2.00 bits per heavy atom. The molecule has 6 heteroatoms. The fourth-order valence-electron chi connectivity index (χ4n) is 3.32. The third-order valence-corrected chi connectivity index (χ3v) is 4.55. The number of carbonyl (C=O) groups is 1. The maximum atomic E-state index is 11.3. The van der Waals surface area contributed by atoms with Gasteiger partial charge in [0.15, 0.2) is 11.5 Å². The van der Waals surface area contributed by atoms with Gasteiger partial charge in [-0.2, -0.15) is 0 Å². The normalized spacial score (nSPS) is 25.8. The van der Waals surface area contributed by atoms with Crippen LogP contribution in [-0.4, -0.2) is 34.3 Å². The van der Waals surface area contributed by atoms with Crippen LogP contribution in [0.4, 0.5) is 0 Å². The van der Waals surface area contributed by atoms with Gasteiger partial charge >= 0.3 is 5.97 Å². The number of aromatic amines is 1. The molecule has 0 spiro atoms. The molecule has 2 unspecified atom stereocenters. The molecule has 2 heterocycles. The summed E-state index contributed by atoms with van der Waals surface area (Å²) in [4.78, 5) is 19.1. The second-order valence-electron chi connectivity index (χ2n) is 6.25. The van der Waals surface area contributed by atoms with E-state index in [0.29, 0.717) is 24.7 Å². The molecule has 6 nitrogen and oxygen atoms in total. The molecule has 1 fully saturated rings. The van der Waals surface area contributed by atoms with Crippen LogP contribution >= 0.6 is 0 Å². The highest BCUT2D eigenvalue weighted by Crippen LogP contribution is 2.63. The van der Waals surface area contributed by atoms with Gasteiger partial charge in [0.25, 0.3) is 0 Å². The first-order valence-corrected chi connectivity index (χ1v) is 7.00. The number of carboxylic acid groups (broad SMARTS) is 1. The number of hydrogen-bond acceptors (Lipinski definition) is 4. The molecular weight excluding hydrogens is 272 g/mol. The molecule has 2 aliphatic rings. The number of fused-ring (bicyclic) bond motifs is 2. The number of nitrogens with one attached hydrogen (secondary N) is 1.